The second-order valence-electron chi connectivity index (χ2n) is 11.7. The van der Waals surface area contributed by atoms with Gasteiger partial charge in [0, 0.05) is 18.7 Å². The molecule has 1 aliphatic rings. The molecule has 0 unspecified atom stereocenters. The fourth-order valence-electron chi connectivity index (χ4n) is 7.33. The average molecular weight is 769 g/mol. The molecule has 1 aliphatic carbocycles. The Kier molecular flexibility index (Phi) is 6.81. The van der Waals surface area contributed by atoms with Gasteiger partial charge in [0.2, 0.25) is 0 Å². The third-order valence-corrected chi connectivity index (χ3v) is 9.31. The van der Waals surface area contributed by atoms with Crippen LogP contribution in [0.15, 0.2) is 146 Å². The van der Waals surface area contributed by atoms with Crippen LogP contribution >= 0.6 is 0 Å². The molecule has 2 heterocycles. The summed E-state index contributed by atoms with van der Waals surface area (Å²) in [6.07, 6.45) is 1.89. The predicted octanol–water partition coefficient (Wildman–Crippen LogP) is 9.42. The summed E-state index contributed by atoms with van der Waals surface area (Å²) in [6.45, 7) is 0. The van der Waals surface area contributed by atoms with Crippen molar-refractivity contribution >= 4 is 21.8 Å². The molecule has 8 aromatic rings. The van der Waals surface area contributed by atoms with E-state index in [1.165, 1.54) is 22.3 Å². The van der Waals surface area contributed by atoms with E-state index < -0.39 is 5.41 Å². The van der Waals surface area contributed by atoms with Crippen LogP contribution in [0.25, 0.3) is 55.6 Å². The van der Waals surface area contributed by atoms with Gasteiger partial charge in [-0.3, -0.25) is 4.98 Å². The van der Waals surface area contributed by atoms with E-state index in [1.807, 2.05) is 12.3 Å². The summed E-state index contributed by atoms with van der Waals surface area (Å²) in [6, 6.07) is 57.1. The number of hydrogen-bond acceptors (Lipinski definition) is 2. The van der Waals surface area contributed by atoms with Crippen LogP contribution in [-0.4, -0.2) is 14.5 Å². The number of benzene rings is 6. The zero-order valence-corrected chi connectivity index (χ0v) is 27.3. The van der Waals surface area contributed by atoms with Crippen molar-refractivity contribution in [1.82, 2.24) is 14.5 Å². The summed E-state index contributed by atoms with van der Waals surface area (Å²) in [7, 11) is 2.08. The minimum atomic E-state index is -0.644. The number of pyridine rings is 1. The fourth-order valence-corrected chi connectivity index (χ4v) is 7.33. The zero-order chi connectivity index (χ0) is 30.0. The van der Waals surface area contributed by atoms with Gasteiger partial charge < -0.3 is 9.55 Å². The Morgan fingerprint density at radius 1 is 0.587 bits per heavy atom. The molecule has 220 valence electrons. The van der Waals surface area contributed by atoms with Crippen LogP contribution < -0.4 is 0 Å². The van der Waals surface area contributed by atoms with Crippen molar-refractivity contribution in [2.75, 3.05) is 0 Å². The number of para-hydroxylation sites is 2. The molecule has 0 saturated heterocycles. The standard InChI is InChI=1S/C42H27N3.Pt/c1-45-39-23-9-8-22-38(39)44-41(45)30-14-11-16-32(27-30)42(36-20-6-4-18-34(36)35-19-5-7-21-37(35)42)31-15-10-13-29(26-31)40-33-17-3-2-12-28(33)24-25-43-40;/h2-25H,1H3;/q-2;+2. The Morgan fingerprint density at radius 2 is 1.20 bits per heavy atom. The van der Waals surface area contributed by atoms with Gasteiger partial charge in [-0.25, -0.2) is 0 Å². The maximum atomic E-state index is 5.03. The number of imidazole rings is 1. The van der Waals surface area contributed by atoms with E-state index in [2.05, 4.69) is 157 Å². The van der Waals surface area contributed by atoms with Crippen LogP contribution in [0.4, 0.5) is 0 Å². The summed E-state index contributed by atoms with van der Waals surface area (Å²) in [5, 5.41) is 2.28. The molecule has 0 atom stereocenters. The number of hydrogen-bond donors (Lipinski definition) is 0. The van der Waals surface area contributed by atoms with Gasteiger partial charge in [0.05, 0.1) is 16.9 Å². The first-order chi connectivity index (χ1) is 22.2. The zero-order valence-electron chi connectivity index (χ0n) is 25.0. The first kappa shape index (κ1) is 28.4. The second-order valence-corrected chi connectivity index (χ2v) is 11.7. The van der Waals surface area contributed by atoms with E-state index in [4.69, 9.17) is 9.97 Å². The first-order valence-corrected chi connectivity index (χ1v) is 15.2. The third-order valence-electron chi connectivity index (χ3n) is 9.31. The summed E-state index contributed by atoms with van der Waals surface area (Å²) >= 11 is 0. The van der Waals surface area contributed by atoms with Crippen molar-refractivity contribution < 1.29 is 21.1 Å². The van der Waals surface area contributed by atoms with Crippen LogP contribution in [0.1, 0.15) is 22.3 Å². The average Bonchev–Trinajstić information content (AvgIpc) is 3.61. The molecular weight excluding hydrogens is 742 g/mol. The second kappa shape index (κ2) is 11.0. The summed E-state index contributed by atoms with van der Waals surface area (Å²) in [4.78, 5) is 9.90. The number of aromatic nitrogens is 3. The molecule has 2 aromatic heterocycles. The minimum absolute atomic E-state index is 0. The van der Waals surface area contributed by atoms with E-state index in [9.17, 15) is 0 Å². The molecule has 0 spiro atoms. The molecule has 0 fully saturated rings. The van der Waals surface area contributed by atoms with Gasteiger partial charge in [0.25, 0.3) is 0 Å². The molecular formula is C42H27N3Pt. The van der Waals surface area contributed by atoms with Gasteiger partial charge in [0.15, 0.2) is 0 Å². The Bertz CT molecular complexity index is 2370. The van der Waals surface area contributed by atoms with Crippen LogP contribution in [0.3, 0.4) is 0 Å². The van der Waals surface area contributed by atoms with Crippen molar-refractivity contribution in [3.8, 4) is 33.8 Å². The van der Waals surface area contributed by atoms with E-state index in [0.29, 0.717) is 0 Å². The van der Waals surface area contributed by atoms with E-state index in [0.717, 1.165) is 55.6 Å². The predicted molar refractivity (Wildman–Crippen MR) is 182 cm³/mol. The van der Waals surface area contributed by atoms with Gasteiger partial charge in [-0.15, -0.1) is 70.8 Å². The summed E-state index contributed by atoms with van der Waals surface area (Å²) in [5.74, 6) is 0.894. The third kappa shape index (κ3) is 4.09. The van der Waals surface area contributed by atoms with Crippen molar-refractivity contribution in [1.29, 1.82) is 0 Å². The number of fused-ring (bicyclic) bond motifs is 5. The number of rotatable bonds is 4. The summed E-state index contributed by atoms with van der Waals surface area (Å²) < 4.78 is 2.16. The number of nitrogens with zero attached hydrogens (tertiary/aromatic N) is 3. The minimum Gasteiger partial charge on any atom is -0.367 e. The van der Waals surface area contributed by atoms with Gasteiger partial charge in [-0.05, 0) is 56.9 Å². The maximum Gasteiger partial charge on any atom is 2.00 e. The molecule has 0 amide bonds. The van der Waals surface area contributed by atoms with E-state index in [-0.39, 0.29) is 21.1 Å². The first-order valence-electron chi connectivity index (χ1n) is 15.2. The molecule has 0 radical (unpaired) electrons. The van der Waals surface area contributed by atoms with Crippen molar-refractivity contribution in [2.24, 2.45) is 7.05 Å². The Labute approximate surface area is 282 Å². The number of aryl methyl sites for hydroxylation is 1. The SMILES string of the molecule is Cn1c(-c2[c-]c(C3(c4[c-]c(-c5nccc6ccccc56)ccc4)c4ccccc4-c4ccccc43)ccc2)nc2ccccc21.[Pt+2]. The van der Waals surface area contributed by atoms with Gasteiger partial charge in [-0.1, -0.05) is 84.9 Å². The maximum absolute atomic E-state index is 5.03. The van der Waals surface area contributed by atoms with Gasteiger partial charge in [-0.2, -0.15) is 0 Å². The Morgan fingerprint density at radius 3 is 1.93 bits per heavy atom. The van der Waals surface area contributed by atoms with Crippen LogP contribution in [0, 0.1) is 12.1 Å². The monoisotopic (exact) mass is 768 g/mol. The van der Waals surface area contributed by atoms with E-state index in [1.54, 1.807) is 0 Å². The van der Waals surface area contributed by atoms with E-state index >= 15 is 0 Å². The Balaban J connectivity index is 0.00000312. The van der Waals surface area contributed by atoms with Gasteiger partial charge >= 0.3 is 21.1 Å². The molecule has 0 bridgehead atoms. The largest absolute Gasteiger partial charge is 2.00 e. The fraction of sp³-hybridized carbons (Fsp3) is 0.0476. The quantitative estimate of drug-likeness (QED) is 0.167. The van der Waals surface area contributed by atoms with Crippen molar-refractivity contribution in [2.45, 2.75) is 5.41 Å². The van der Waals surface area contributed by atoms with Crippen LogP contribution in [-0.2, 0) is 33.5 Å². The molecule has 46 heavy (non-hydrogen) atoms. The molecule has 4 heteroatoms. The molecule has 0 N–H and O–H groups in total. The molecule has 0 aliphatic heterocycles. The molecule has 3 nitrogen and oxygen atoms in total. The smallest absolute Gasteiger partial charge is 0.367 e. The van der Waals surface area contributed by atoms with Crippen LogP contribution in [0.5, 0.6) is 0 Å². The van der Waals surface area contributed by atoms with Gasteiger partial charge in [0.1, 0.15) is 0 Å². The van der Waals surface area contributed by atoms with Crippen molar-refractivity contribution in [3.05, 3.63) is 180 Å². The normalized spacial score (nSPS) is 12.9. The Hall–Kier alpha value is -5.11. The topological polar surface area (TPSA) is 30.7 Å². The molecule has 9 rings (SSSR count). The molecule has 6 aromatic carbocycles. The molecule has 0 saturated carbocycles. The van der Waals surface area contributed by atoms with Crippen LogP contribution in [0.2, 0.25) is 0 Å². The van der Waals surface area contributed by atoms with Crippen molar-refractivity contribution in [3.63, 3.8) is 0 Å². The summed E-state index contributed by atoms with van der Waals surface area (Å²) in [5.41, 5.74) is 11.3.